The largest absolute Gasteiger partial charge is 0.370 e. The molecule has 0 aliphatic carbocycles. The van der Waals surface area contributed by atoms with E-state index < -0.39 is 0 Å². The molecule has 1 aromatic rings. The monoisotopic (exact) mass is 218 g/mol. The van der Waals surface area contributed by atoms with Crippen LogP contribution in [0.2, 0.25) is 0 Å². The molecule has 1 fully saturated rings. The third kappa shape index (κ3) is 2.56. The fourth-order valence-electron chi connectivity index (χ4n) is 2.39. The third-order valence-electron chi connectivity index (χ3n) is 3.54. The molecule has 0 amide bonds. The topological polar surface area (TPSA) is 15.3 Å². The summed E-state index contributed by atoms with van der Waals surface area (Å²) < 4.78 is 0. The number of nitrogens with zero attached hydrogens (tertiary/aromatic N) is 1. The molecule has 1 unspecified atom stereocenters. The van der Waals surface area contributed by atoms with Crippen molar-refractivity contribution in [2.45, 2.75) is 32.2 Å². The number of piperidine rings is 1. The van der Waals surface area contributed by atoms with Crippen LogP contribution in [-0.4, -0.2) is 26.2 Å². The Morgan fingerprint density at radius 2 is 2.06 bits per heavy atom. The minimum atomic E-state index is 0.652. The molecule has 1 heterocycles. The zero-order valence-corrected chi connectivity index (χ0v) is 10.4. The first-order valence-corrected chi connectivity index (χ1v) is 6.34. The zero-order chi connectivity index (χ0) is 11.4. The van der Waals surface area contributed by atoms with Gasteiger partial charge in [0, 0.05) is 24.8 Å². The zero-order valence-electron chi connectivity index (χ0n) is 10.4. The second-order valence-electron chi connectivity index (χ2n) is 4.59. The molecule has 1 aromatic carbocycles. The van der Waals surface area contributed by atoms with E-state index in [-0.39, 0.29) is 0 Å². The maximum Gasteiger partial charge on any atom is 0.0366 e. The van der Waals surface area contributed by atoms with Gasteiger partial charge in [-0.1, -0.05) is 19.1 Å². The van der Waals surface area contributed by atoms with Gasteiger partial charge < -0.3 is 10.2 Å². The summed E-state index contributed by atoms with van der Waals surface area (Å²) in [6.45, 7) is 4.54. The Morgan fingerprint density at radius 1 is 1.31 bits per heavy atom. The Bertz CT molecular complexity index is 318. The number of aryl methyl sites for hydroxylation is 1. The van der Waals surface area contributed by atoms with Crippen LogP contribution in [0.15, 0.2) is 24.3 Å². The Balaban J connectivity index is 2.05. The third-order valence-corrected chi connectivity index (χ3v) is 3.54. The average Bonchev–Trinajstić information content (AvgIpc) is 2.39. The van der Waals surface area contributed by atoms with Gasteiger partial charge in [0.1, 0.15) is 0 Å². The summed E-state index contributed by atoms with van der Waals surface area (Å²) in [4.78, 5) is 2.49. The second kappa shape index (κ2) is 5.35. The molecule has 1 N–H and O–H groups in total. The lowest BCUT2D eigenvalue weighted by molar-refractivity contribution is 0.449. The fourth-order valence-corrected chi connectivity index (χ4v) is 2.39. The molecule has 0 aromatic heterocycles. The van der Waals surface area contributed by atoms with Crippen molar-refractivity contribution in [3.05, 3.63) is 29.8 Å². The van der Waals surface area contributed by atoms with Gasteiger partial charge in [0.05, 0.1) is 0 Å². The van der Waals surface area contributed by atoms with E-state index in [0.717, 1.165) is 13.0 Å². The van der Waals surface area contributed by atoms with Gasteiger partial charge in [0.15, 0.2) is 0 Å². The average molecular weight is 218 g/mol. The van der Waals surface area contributed by atoms with Gasteiger partial charge >= 0.3 is 0 Å². The molecule has 1 aliphatic heterocycles. The highest BCUT2D eigenvalue weighted by Crippen LogP contribution is 2.20. The highest BCUT2D eigenvalue weighted by atomic mass is 15.2. The molecule has 16 heavy (non-hydrogen) atoms. The molecule has 0 spiro atoms. The molecule has 0 radical (unpaired) electrons. The van der Waals surface area contributed by atoms with Crippen LogP contribution in [0.4, 0.5) is 5.69 Å². The van der Waals surface area contributed by atoms with Gasteiger partial charge in [0.25, 0.3) is 0 Å². The van der Waals surface area contributed by atoms with Crippen molar-refractivity contribution in [2.24, 2.45) is 0 Å². The van der Waals surface area contributed by atoms with Crippen LogP contribution in [0.5, 0.6) is 0 Å². The van der Waals surface area contributed by atoms with Crippen molar-refractivity contribution >= 4 is 5.69 Å². The lowest BCUT2D eigenvalue weighted by atomic mass is 10.0. The Hall–Kier alpha value is -1.02. The van der Waals surface area contributed by atoms with E-state index >= 15 is 0 Å². The van der Waals surface area contributed by atoms with Gasteiger partial charge in [-0.3, -0.25) is 0 Å². The SMILES string of the molecule is CCc1ccc(N2CCCC(NC)C2)cc1. The second-order valence-corrected chi connectivity index (χ2v) is 4.59. The molecule has 0 bridgehead atoms. The van der Waals surface area contributed by atoms with Gasteiger partial charge in [-0.15, -0.1) is 0 Å². The van der Waals surface area contributed by atoms with Crippen molar-refractivity contribution in [2.75, 3.05) is 25.0 Å². The van der Waals surface area contributed by atoms with Crippen molar-refractivity contribution in [3.8, 4) is 0 Å². The quantitative estimate of drug-likeness (QED) is 0.838. The van der Waals surface area contributed by atoms with E-state index in [1.807, 2.05) is 0 Å². The minimum Gasteiger partial charge on any atom is -0.370 e. The van der Waals surface area contributed by atoms with Crippen LogP contribution < -0.4 is 10.2 Å². The van der Waals surface area contributed by atoms with Crippen molar-refractivity contribution in [3.63, 3.8) is 0 Å². The van der Waals surface area contributed by atoms with Gasteiger partial charge in [0.2, 0.25) is 0 Å². The number of hydrogen-bond donors (Lipinski definition) is 1. The Kier molecular flexibility index (Phi) is 3.83. The molecule has 1 atom stereocenters. The van der Waals surface area contributed by atoms with Crippen LogP contribution in [0, 0.1) is 0 Å². The van der Waals surface area contributed by atoms with Crippen LogP contribution >= 0.6 is 0 Å². The smallest absolute Gasteiger partial charge is 0.0366 e. The van der Waals surface area contributed by atoms with E-state index in [1.54, 1.807) is 0 Å². The highest BCUT2D eigenvalue weighted by Gasteiger charge is 2.18. The van der Waals surface area contributed by atoms with E-state index in [0.29, 0.717) is 6.04 Å². The first kappa shape index (κ1) is 11.5. The Labute approximate surface area is 98.7 Å². The summed E-state index contributed by atoms with van der Waals surface area (Å²) in [5.41, 5.74) is 2.79. The molecule has 2 rings (SSSR count). The van der Waals surface area contributed by atoms with Gasteiger partial charge in [-0.25, -0.2) is 0 Å². The standard InChI is InChI=1S/C14H22N2/c1-3-12-6-8-14(9-7-12)16-10-4-5-13(11-16)15-2/h6-9,13,15H,3-5,10-11H2,1-2H3. The first-order valence-electron chi connectivity index (χ1n) is 6.34. The summed E-state index contributed by atoms with van der Waals surface area (Å²) >= 11 is 0. The summed E-state index contributed by atoms with van der Waals surface area (Å²) in [6.07, 6.45) is 3.72. The maximum atomic E-state index is 3.38. The highest BCUT2D eigenvalue weighted by molar-refractivity contribution is 5.48. The predicted octanol–water partition coefficient (Wildman–Crippen LogP) is 2.44. The minimum absolute atomic E-state index is 0.652. The molecule has 2 nitrogen and oxygen atoms in total. The van der Waals surface area contributed by atoms with Gasteiger partial charge in [-0.2, -0.15) is 0 Å². The molecular formula is C14H22N2. The molecule has 1 saturated heterocycles. The number of hydrogen-bond acceptors (Lipinski definition) is 2. The van der Waals surface area contributed by atoms with E-state index in [2.05, 4.69) is 48.5 Å². The van der Waals surface area contributed by atoms with Crippen molar-refractivity contribution in [1.82, 2.24) is 5.32 Å². The van der Waals surface area contributed by atoms with Crippen LogP contribution in [0.25, 0.3) is 0 Å². The summed E-state index contributed by atoms with van der Waals surface area (Å²) in [5.74, 6) is 0. The molecule has 0 saturated carbocycles. The van der Waals surface area contributed by atoms with E-state index in [4.69, 9.17) is 0 Å². The van der Waals surface area contributed by atoms with Gasteiger partial charge in [-0.05, 0) is 44.0 Å². The Morgan fingerprint density at radius 3 is 2.69 bits per heavy atom. The van der Waals surface area contributed by atoms with E-state index in [1.165, 1.54) is 30.6 Å². The fraction of sp³-hybridized carbons (Fsp3) is 0.571. The summed E-state index contributed by atoms with van der Waals surface area (Å²) in [7, 11) is 2.06. The van der Waals surface area contributed by atoms with Crippen LogP contribution in [0.3, 0.4) is 0 Å². The van der Waals surface area contributed by atoms with Crippen molar-refractivity contribution < 1.29 is 0 Å². The van der Waals surface area contributed by atoms with Crippen LogP contribution in [-0.2, 0) is 6.42 Å². The first-order chi connectivity index (χ1) is 7.83. The van der Waals surface area contributed by atoms with Crippen LogP contribution in [0.1, 0.15) is 25.3 Å². The molecule has 1 aliphatic rings. The van der Waals surface area contributed by atoms with E-state index in [9.17, 15) is 0 Å². The number of anilines is 1. The normalized spacial score (nSPS) is 21.1. The van der Waals surface area contributed by atoms with Crippen molar-refractivity contribution in [1.29, 1.82) is 0 Å². The number of likely N-dealkylation sites (N-methyl/N-ethyl adjacent to an activating group) is 1. The predicted molar refractivity (Wildman–Crippen MR) is 70.1 cm³/mol. The molecule has 2 heteroatoms. The maximum absolute atomic E-state index is 3.38. The lowest BCUT2D eigenvalue weighted by Gasteiger charge is -2.34. The number of rotatable bonds is 3. The summed E-state index contributed by atoms with van der Waals surface area (Å²) in [6, 6.07) is 9.67. The molecular weight excluding hydrogens is 196 g/mol. The number of nitrogens with one attached hydrogen (secondary N) is 1. The number of benzene rings is 1. The molecule has 88 valence electrons. The lowest BCUT2D eigenvalue weighted by Crippen LogP contribution is -2.44. The summed E-state index contributed by atoms with van der Waals surface area (Å²) in [5, 5.41) is 3.38.